The molecule has 0 aliphatic rings. The van der Waals surface area contributed by atoms with Crippen LogP contribution in [-0.4, -0.2) is 31.0 Å². The molecule has 20 heavy (non-hydrogen) atoms. The molecule has 11 heteroatoms. The Labute approximate surface area is 123 Å². The summed E-state index contributed by atoms with van der Waals surface area (Å²) in [6, 6.07) is 0.872. The number of halogens is 1. The van der Waals surface area contributed by atoms with E-state index in [1.54, 1.807) is 6.92 Å². The fourth-order valence-electron chi connectivity index (χ4n) is 1.29. The molecule has 1 atom stereocenters. The highest BCUT2D eigenvalue weighted by Crippen LogP contribution is 2.36. The molecule has 112 valence electrons. The van der Waals surface area contributed by atoms with E-state index in [4.69, 9.17) is 16.7 Å². The van der Waals surface area contributed by atoms with Crippen LogP contribution in [0.3, 0.4) is 0 Å². The maximum atomic E-state index is 11.9. The Morgan fingerprint density at radius 2 is 2.25 bits per heavy atom. The molecule has 1 unspecified atom stereocenters. The van der Waals surface area contributed by atoms with Crippen LogP contribution in [0.25, 0.3) is 0 Å². The van der Waals surface area contributed by atoms with Crippen LogP contribution in [0.2, 0.25) is 4.34 Å². The maximum absolute atomic E-state index is 11.9. The zero-order valence-electron chi connectivity index (χ0n) is 10.2. The third-order valence-electron chi connectivity index (χ3n) is 2.25. The molecule has 0 radical (unpaired) electrons. The predicted octanol–water partition coefficient (Wildman–Crippen LogP) is 1.70. The monoisotopic (exact) mass is 342 g/mol. The molecule has 1 rings (SSSR count). The number of aliphatic carboxylic acids is 1. The number of thiophene rings is 1. The number of nitrogens with one attached hydrogen (secondary N) is 1. The molecule has 0 aromatic carbocycles. The summed E-state index contributed by atoms with van der Waals surface area (Å²) < 4.78 is 25.5. The molecule has 1 aromatic heterocycles. The Kier molecular flexibility index (Phi) is 5.45. The van der Waals surface area contributed by atoms with E-state index in [9.17, 15) is 23.3 Å². The number of carboxylic acids is 1. The SMILES string of the molecule is CC(CNS(=O)(=O)c1cc([N+](=O)[O-])c(Cl)s1)CC(=O)O. The lowest BCUT2D eigenvalue weighted by atomic mass is 10.1. The Morgan fingerprint density at radius 1 is 1.65 bits per heavy atom. The number of carboxylic acid groups (broad SMARTS) is 1. The summed E-state index contributed by atoms with van der Waals surface area (Å²) in [7, 11) is -3.94. The van der Waals surface area contributed by atoms with Crippen molar-refractivity contribution in [2.24, 2.45) is 5.92 Å². The van der Waals surface area contributed by atoms with Crippen LogP contribution < -0.4 is 4.72 Å². The van der Waals surface area contributed by atoms with Crippen molar-refractivity contribution in [3.63, 3.8) is 0 Å². The normalized spacial score (nSPS) is 13.1. The second-order valence-electron chi connectivity index (χ2n) is 4.04. The van der Waals surface area contributed by atoms with Gasteiger partial charge in [0.05, 0.1) is 4.92 Å². The summed E-state index contributed by atoms with van der Waals surface area (Å²) in [5.74, 6) is -1.45. The average molecular weight is 343 g/mol. The van der Waals surface area contributed by atoms with Gasteiger partial charge in [0.15, 0.2) is 4.34 Å². The molecule has 0 aliphatic carbocycles. The number of nitrogens with zero attached hydrogens (tertiary/aromatic N) is 1. The lowest BCUT2D eigenvalue weighted by Gasteiger charge is -2.09. The third-order valence-corrected chi connectivity index (χ3v) is 5.49. The second-order valence-corrected chi connectivity index (χ2v) is 7.68. The van der Waals surface area contributed by atoms with E-state index in [0.717, 1.165) is 6.07 Å². The van der Waals surface area contributed by atoms with Crippen molar-refractivity contribution >= 4 is 44.6 Å². The van der Waals surface area contributed by atoms with Gasteiger partial charge in [0.25, 0.3) is 5.69 Å². The molecule has 0 saturated carbocycles. The maximum Gasteiger partial charge on any atom is 0.303 e. The van der Waals surface area contributed by atoms with E-state index in [1.807, 2.05) is 0 Å². The highest BCUT2D eigenvalue weighted by molar-refractivity contribution is 7.91. The average Bonchev–Trinajstić information content (AvgIpc) is 2.69. The van der Waals surface area contributed by atoms with Gasteiger partial charge in [0, 0.05) is 19.0 Å². The van der Waals surface area contributed by atoms with Crippen molar-refractivity contribution in [3.8, 4) is 0 Å². The molecule has 0 bridgehead atoms. The topological polar surface area (TPSA) is 127 Å². The van der Waals surface area contributed by atoms with E-state index < -0.39 is 32.5 Å². The molecule has 8 nitrogen and oxygen atoms in total. The van der Waals surface area contributed by atoms with Gasteiger partial charge in [0.2, 0.25) is 10.0 Å². The van der Waals surface area contributed by atoms with Gasteiger partial charge in [-0.15, -0.1) is 11.3 Å². The van der Waals surface area contributed by atoms with E-state index >= 15 is 0 Å². The first kappa shape index (κ1) is 16.8. The lowest BCUT2D eigenvalue weighted by Crippen LogP contribution is -2.28. The minimum absolute atomic E-state index is 0.0854. The van der Waals surface area contributed by atoms with Crippen LogP contribution in [0.15, 0.2) is 10.3 Å². The quantitative estimate of drug-likeness (QED) is 0.573. The summed E-state index contributed by atoms with van der Waals surface area (Å²) in [6.07, 6.45) is -0.187. The van der Waals surface area contributed by atoms with Crippen molar-refractivity contribution in [1.29, 1.82) is 0 Å². The molecule has 0 aliphatic heterocycles. The zero-order chi connectivity index (χ0) is 15.5. The first-order chi connectivity index (χ1) is 9.13. The predicted molar refractivity (Wildman–Crippen MR) is 72.6 cm³/mol. The van der Waals surface area contributed by atoms with Gasteiger partial charge in [-0.25, -0.2) is 13.1 Å². The Morgan fingerprint density at radius 3 is 2.70 bits per heavy atom. The summed E-state index contributed by atoms with van der Waals surface area (Å²) >= 11 is 6.16. The fraction of sp³-hybridized carbons (Fsp3) is 0.444. The molecule has 2 N–H and O–H groups in total. The number of sulfonamides is 1. The van der Waals surface area contributed by atoms with Crippen LogP contribution in [0.1, 0.15) is 13.3 Å². The number of hydrogen-bond acceptors (Lipinski definition) is 6. The highest BCUT2D eigenvalue weighted by Gasteiger charge is 2.25. The van der Waals surface area contributed by atoms with E-state index in [2.05, 4.69) is 4.72 Å². The number of carbonyl (C=O) groups is 1. The van der Waals surface area contributed by atoms with Gasteiger partial charge in [0.1, 0.15) is 4.21 Å². The molecule has 0 fully saturated rings. The van der Waals surface area contributed by atoms with E-state index in [0.29, 0.717) is 11.3 Å². The van der Waals surface area contributed by atoms with Gasteiger partial charge in [-0.3, -0.25) is 14.9 Å². The van der Waals surface area contributed by atoms with Crippen molar-refractivity contribution in [2.45, 2.75) is 17.6 Å². The molecular formula is C9H11ClN2O6S2. The second kappa shape index (κ2) is 6.48. The highest BCUT2D eigenvalue weighted by atomic mass is 35.5. The first-order valence-electron chi connectivity index (χ1n) is 5.28. The van der Waals surface area contributed by atoms with Gasteiger partial charge >= 0.3 is 5.97 Å². The zero-order valence-corrected chi connectivity index (χ0v) is 12.6. The Bertz CT molecular complexity index is 626. The molecule has 0 saturated heterocycles. The minimum Gasteiger partial charge on any atom is -0.481 e. The number of hydrogen-bond donors (Lipinski definition) is 2. The van der Waals surface area contributed by atoms with Crippen molar-refractivity contribution in [3.05, 3.63) is 20.5 Å². The smallest absolute Gasteiger partial charge is 0.303 e. The van der Waals surface area contributed by atoms with Gasteiger partial charge < -0.3 is 5.11 Å². The summed E-state index contributed by atoms with van der Waals surface area (Å²) in [6.45, 7) is 1.48. The van der Waals surface area contributed by atoms with Crippen LogP contribution in [-0.2, 0) is 14.8 Å². The van der Waals surface area contributed by atoms with Gasteiger partial charge in [-0.1, -0.05) is 18.5 Å². The standard InChI is InChI=1S/C9H11ClN2O6S2/c1-5(2-7(13)14)4-11-20(17,18)8-3-6(12(15)16)9(10)19-8/h3,5,11H,2,4H2,1H3,(H,13,14). The number of rotatable bonds is 7. The van der Waals surface area contributed by atoms with Crippen LogP contribution in [0.5, 0.6) is 0 Å². The van der Waals surface area contributed by atoms with Crippen LogP contribution in [0.4, 0.5) is 5.69 Å². The molecule has 0 amide bonds. The van der Waals surface area contributed by atoms with Crippen molar-refractivity contribution in [1.82, 2.24) is 4.72 Å². The summed E-state index contributed by atoms with van der Waals surface area (Å²) in [5.41, 5.74) is -0.476. The van der Waals surface area contributed by atoms with E-state index in [1.165, 1.54) is 0 Å². The van der Waals surface area contributed by atoms with Crippen molar-refractivity contribution in [2.75, 3.05) is 6.54 Å². The summed E-state index contributed by atoms with van der Waals surface area (Å²) in [5, 5.41) is 19.2. The van der Waals surface area contributed by atoms with Crippen LogP contribution >= 0.6 is 22.9 Å². The van der Waals surface area contributed by atoms with Gasteiger partial charge in [-0.2, -0.15) is 0 Å². The van der Waals surface area contributed by atoms with E-state index in [-0.39, 0.29) is 21.5 Å². The van der Waals surface area contributed by atoms with Crippen molar-refractivity contribution < 1.29 is 23.2 Å². The Balaban J connectivity index is 2.82. The Hall–Kier alpha value is -1.23. The van der Waals surface area contributed by atoms with Gasteiger partial charge in [-0.05, 0) is 5.92 Å². The summed E-state index contributed by atoms with van der Waals surface area (Å²) in [4.78, 5) is 20.3. The minimum atomic E-state index is -3.94. The first-order valence-corrected chi connectivity index (χ1v) is 7.96. The number of nitro groups is 1. The molecule has 1 heterocycles. The largest absolute Gasteiger partial charge is 0.481 e. The molecular weight excluding hydrogens is 332 g/mol. The molecule has 1 aromatic rings. The lowest BCUT2D eigenvalue weighted by molar-refractivity contribution is -0.384. The van der Waals surface area contributed by atoms with Crippen LogP contribution in [0, 0.1) is 16.0 Å². The molecule has 0 spiro atoms. The fourth-order valence-corrected chi connectivity index (χ4v) is 4.16. The third kappa shape index (κ3) is 4.40.